The molecule has 0 bridgehead atoms. The van der Waals surface area contributed by atoms with Crippen molar-refractivity contribution < 1.29 is 22.2 Å². The lowest BCUT2D eigenvalue weighted by Gasteiger charge is -2.11. The summed E-state index contributed by atoms with van der Waals surface area (Å²) >= 11 is 0. The molecule has 0 unspecified atom stereocenters. The maximum atomic E-state index is 13.1. The van der Waals surface area contributed by atoms with Crippen molar-refractivity contribution in [2.24, 2.45) is 0 Å². The Hall–Kier alpha value is -2.71. The van der Waals surface area contributed by atoms with Crippen LogP contribution in [0.15, 0.2) is 33.3 Å². The summed E-state index contributed by atoms with van der Waals surface area (Å²) in [6.07, 6.45) is -3.58. The molecule has 0 saturated heterocycles. The molecule has 0 N–H and O–H groups in total. The maximum absolute atomic E-state index is 13.1. The highest BCUT2D eigenvalue weighted by Gasteiger charge is 2.47. The molecule has 1 aromatic carbocycles. The van der Waals surface area contributed by atoms with Crippen LogP contribution in [0.3, 0.4) is 0 Å². The molecule has 3 aromatic rings. The second-order valence-electron chi connectivity index (χ2n) is 5.99. The average Bonchev–Trinajstić information content (AvgIpc) is 3.05. The smallest absolute Gasteiger partial charge is 0.340 e. The summed E-state index contributed by atoms with van der Waals surface area (Å²) in [5.41, 5.74) is -0.335. The number of alkyl halides is 3. The van der Waals surface area contributed by atoms with Crippen LogP contribution in [0.5, 0.6) is 0 Å². The van der Waals surface area contributed by atoms with Gasteiger partial charge in [0.05, 0.1) is 12.0 Å². The first-order chi connectivity index (χ1) is 11.9. The van der Waals surface area contributed by atoms with Crippen molar-refractivity contribution in [1.29, 1.82) is 0 Å². The molecule has 25 heavy (non-hydrogen) atoms. The third-order valence-electron chi connectivity index (χ3n) is 4.14. The third-order valence-corrected chi connectivity index (χ3v) is 4.14. The van der Waals surface area contributed by atoms with E-state index in [1.54, 1.807) is 13.0 Å². The van der Waals surface area contributed by atoms with Gasteiger partial charge in [0.25, 0.3) is 0 Å². The van der Waals surface area contributed by atoms with Crippen LogP contribution in [0.2, 0.25) is 0 Å². The number of benzene rings is 1. The van der Waals surface area contributed by atoms with Crippen molar-refractivity contribution in [2.75, 3.05) is 0 Å². The first-order valence-electron chi connectivity index (χ1n) is 7.69. The average molecular weight is 350 g/mol. The minimum Gasteiger partial charge on any atom is -0.340 e. The van der Waals surface area contributed by atoms with Crippen LogP contribution >= 0.6 is 0 Å². The quantitative estimate of drug-likeness (QED) is 0.715. The fourth-order valence-electron chi connectivity index (χ4n) is 2.93. The lowest BCUT2D eigenvalue weighted by molar-refractivity contribution is -0.138. The van der Waals surface area contributed by atoms with Crippen molar-refractivity contribution in [1.82, 2.24) is 20.3 Å². The number of aromatic nitrogens is 4. The Morgan fingerprint density at radius 2 is 1.76 bits per heavy atom. The summed E-state index contributed by atoms with van der Waals surface area (Å²) in [6.45, 7) is 1.67. The van der Waals surface area contributed by atoms with Gasteiger partial charge in [-0.15, -0.1) is 0 Å². The summed E-state index contributed by atoms with van der Waals surface area (Å²) in [5.74, 6) is 1.13. The molecule has 4 rings (SSSR count). The van der Waals surface area contributed by atoms with Crippen molar-refractivity contribution in [3.05, 3.63) is 58.8 Å². The fraction of sp³-hybridized carbons (Fsp3) is 0.375. The zero-order chi connectivity index (χ0) is 17.6. The van der Waals surface area contributed by atoms with Crippen molar-refractivity contribution in [3.8, 4) is 0 Å². The highest BCUT2D eigenvalue weighted by Crippen LogP contribution is 2.56. The monoisotopic (exact) mass is 350 g/mol. The minimum atomic E-state index is -4.37. The zero-order valence-electron chi connectivity index (χ0n) is 13.1. The van der Waals surface area contributed by atoms with Crippen molar-refractivity contribution in [3.63, 3.8) is 0 Å². The van der Waals surface area contributed by atoms with E-state index in [1.807, 2.05) is 0 Å². The van der Waals surface area contributed by atoms with Crippen molar-refractivity contribution >= 4 is 0 Å². The molecule has 0 radical (unpaired) electrons. The van der Waals surface area contributed by atoms with Gasteiger partial charge in [-0.05, 0) is 24.0 Å². The van der Waals surface area contributed by atoms with E-state index in [-0.39, 0.29) is 23.8 Å². The molecule has 1 saturated carbocycles. The first kappa shape index (κ1) is 15.8. The van der Waals surface area contributed by atoms with E-state index < -0.39 is 11.7 Å². The number of rotatable bonds is 4. The second kappa shape index (κ2) is 5.68. The summed E-state index contributed by atoms with van der Waals surface area (Å²) in [5, 5.41) is 7.60. The summed E-state index contributed by atoms with van der Waals surface area (Å²) in [7, 11) is 0. The molecule has 1 aliphatic rings. The summed E-state index contributed by atoms with van der Waals surface area (Å²) in [6, 6.07) is 5.61. The number of halogens is 3. The lowest BCUT2D eigenvalue weighted by Crippen LogP contribution is -2.08. The van der Waals surface area contributed by atoms with Crippen molar-refractivity contribution in [2.45, 2.75) is 37.8 Å². The van der Waals surface area contributed by atoms with Crippen LogP contribution in [0.25, 0.3) is 0 Å². The highest BCUT2D eigenvalue weighted by molar-refractivity contribution is 5.39. The Labute approximate surface area is 140 Å². The van der Waals surface area contributed by atoms with Gasteiger partial charge < -0.3 is 9.05 Å². The Morgan fingerprint density at radius 3 is 2.48 bits per heavy atom. The van der Waals surface area contributed by atoms with E-state index in [9.17, 15) is 13.2 Å². The van der Waals surface area contributed by atoms with E-state index in [4.69, 9.17) is 9.05 Å². The number of nitrogens with zero attached hydrogens (tertiary/aromatic N) is 4. The second-order valence-corrected chi connectivity index (χ2v) is 5.99. The Balaban J connectivity index is 1.51. The molecule has 0 amide bonds. The normalized spacial score (nSPS) is 20.0. The molecule has 0 aliphatic heterocycles. The van der Waals surface area contributed by atoms with Crippen LogP contribution < -0.4 is 0 Å². The maximum Gasteiger partial charge on any atom is 0.416 e. The minimum absolute atomic E-state index is 0.197. The first-order valence-corrected chi connectivity index (χ1v) is 7.69. The Morgan fingerprint density at radius 1 is 1.04 bits per heavy atom. The molecule has 9 heteroatoms. The van der Waals surface area contributed by atoms with Crippen LogP contribution in [-0.2, 0) is 12.6 Å². The number of hydrogen-bond acceptors (Lipinski definition) is 6. The van der Waals surface area contributed by atoms with Gasteiger partial charge in [0.15, 0.2) is 11.6 Å². The molecule has 130 valence electrons. The summed E-state index contributed by atoms with van der Waals surface area (Å²) < 4.78 is 49.5. The van der Waals surface area contributed by atoms with Gasteiger partial charge >= 0.3 is 6.18 Å². The number of aryl methyl sites for hydroxylation is 1. The third kappa shape index (κ3) is 3.13. The van der Waals surface area contributed by atoms with Crippen LogP contribution in [-0.4, -0.2) is 20.3 Å². The van der Waals surface area contributed by atoms with E-state index in [2.05, 4.69) is 20.3 Å². The molecule has 1 aliphatic carbocycles. The molecule has 2 heterocycles. The van der Waals surface area contributed by atoms with Gasteiger partial charge in [-0.2, -0.15) is 23.1 Å². The van der Waals surface area contributed by atoms with Crippen LogP contribution in [0.4, 0.5) is 13.2 Å². The van der Waals surface area contributed by atoms with Gasteiger partial charge in [-0.1, -0.05) is 28.5 Å². The van der Waals surface area contributed by atoms with E-state index in [0.29, 0.717) is 29.9 Å². The molecular formula is C16H13F3N4O2. The predicted octanol–water partition coefficient (Wildman–Crippen LogP) is 3.64. The van der Waals surface area contributed by atoms with Gasteiger partial charge in [-0.25, -0.2) is 0 Å². The van der Waals surface area contributed by atoms with Gasteiger partial charge in [0.1, 0.15) is 0 Å². The fourth-order valence-corrected chi connectivity index (χ4v) is 2.93. The molecule has 2 aromatic heterocycles. The SMILES string of the molecule is Cc1nc(Cc2noc([C@@H]3C[C@H]3c3ccccc3C(F)(F)F)n2)no1. The Bertz CT molecular complexity index is 903. The molecule has 0 spiro atoms. The molecule has 1 fully saturated rings. The summed E-state index contributed by atoms with van der Waals surface area (Å²) in [4.78, 5) is 8.32. The van der Waals surface area contributed by atoms with Crippen LogP contribution in [0, 0.1) is 6.92 Å². The van der Waals surface area contributed by atoms with Crippen LogP contribution in [0.1, 0.15) is 52.8 Å². The van der Waals surface area contributed by atoms with E-state index >= 15 is 0 Å². The van der Waals surface area contributed by atoms with Gasteiger partial charge in [-0.3, -0.25) is 0 Å². The van der Waals surface area contributed by atoms with E-state index in [0.717, 1.165) is 6.07 Å². The molecular weight excluding hydrogens is 337 g/mol. The zero-order valence-corrected chi connectivity index (χ0v) is 13.1. The van der Waals surface area contributed by atoms with Gasteiger partial charge in [0, 0.05) is 12.8 Å². The molecule has 6 nitrogen and oxygen atoms in total. The number of hydrogen-bond donors (Lipinski definition) is 0. The van der Waals surface area contributed by atoms with Gasteiger partial charge in [0.2, 0.25) is 11.8 Å². The largest absolute Gasteiger partial charge is 0.416 e. The van der Waals surface area contributed by atoms with E-state index in [1.165, 1.54) is 12.1 Å². The molecule has 2 atom stereocenters. The Kier molecular flexibility index (Phi) is 3.59. The standard InChI is InChI=1S/C16H13F3N4O2/c1-8-20-13(22-24-8)7-14-21-15(25-23-14)11-6-10(11)9-4-2-3-5-12(9)16(17,18)19/h2-5,10-11H,6-7H2,1H3/t10-,11+/m0/s1. The predicted molar refractivity (Wildman–Crippen MR) is 77.7 cm³/mol. The highest BCUT2D eigenvalue weighted by atomic mass is 19.4. The lowest BCUT2D eigenvalue weighted by atomic mass is 10.0. The topological polar surface area (TPSA) is 77.8 Å².